The number of para-hydroxylation sites is 1. The topological polar surface area (TPSA) is 27.7 Å². The highest BCUT2D eigenvalue weighted by molar-refractivity contribution is 7.80. The number of thiocarbonyl (C=S) groups is 1. The molecule has 0 radical (unpaired) electrons. The van der Waals surface area contributed by atoms with E-state index in [-0.39, 0.29) is 0 Å². The zero-order valence-electron chi connectivity index (χ0n) is 15.6. The van der Waals surface area contributed by atoms with Crippen molar-refractivity contribution in [3.8, 4) is 0 Å². The van der Waals surface area contributed by atoms with Gasteiger partial charge in [0.2, 0.25) is 0 Å². The van der Waals surface area contributed by atoms with Crippen LogP contribution in [-0.4, -0.2) is 43.4 Å². The molecule has 2 aromatic carbocycles. The van der Waals surface area contributed by atoms with Gasteiger partial charge in [0.15, 0.2) is 5.11 Å². The molecule has 2 aromatic rings. The van der Waals surface area contributed by atoms with Crippen LogP contribution in [0, 0.1) is 0 Å². The standard InChI is InChI=1S/C21H27N3OS/c1-3-18-6-4-5-7-20(18)22-21(26)23(2)16-17-8-10-19(11-9-17)24-12-14-25-15-13-24/h4-11H,3,12-16H2,1-2H3,(H,22,26). The molecule has 0 bridgehead atoms. The van der Waals surface area contributed by atoms with Crippen LogP contribution in [0.2, 0.25) is 0 Å². The first kappa shape index (κ1) is 18.7. The predicted molar refractivity (Wildman–Crippen MR) is 113 cm³/mol. The summed E-state index contributed by atoms with van der Waals surface area (Å²) in [6.45, 7) is 6.48. The molecule has 0 unspecified atom stereocenters. The average molecular weight is 370 g/mol. The van der Waals surface area contributed by atoms with Crippen LogP contribution < -0.4 is 10.2 Å². The fourth-order valence-electron chi connectivity index (χ4n) is 3.14. The van der Waals surface area contributed by atoms with Gasteiger partial charge >= 0.3 is 0 Å². The Kier molecular flexibility index (Phi) is 6.47. The zero-order chi connectivity index (χ0) is 18.4. The van der Waals surface area contributed by atoms with Crippen LogP contribution in [0.15, 0.2) is 48.5 Å². The van der Waals surface area contributed by atoms with Crippen molar-refractivity contribution in [1.29, 1.82) is 0 Å². The van der Waals surface area contributed by atoms with Gasteiger partial charge in [-0.15, -0.1) is 0 Å². The number of nitrogens with zero attached hydrogens (tertiary/aromatic N) is 2. The monoisotopic (exact) mass is 369 g/mol. The number of hydrogen-bond acceptors (Lipinski definition) is 3. The number of morpholine rings is 1. The summed E-state index contributed by atoms with van der Waals surface area (Å²) in [6.07, 6.45) is 0.985. The van der Waals surface area contributed by atoms with Gasteiger partial charge in [0.25, 0.3) is 0 Å². The molecule has 1 aliphatic rings. The molecule has 0 spiro atoms. The van der Waals surface area contributed by atoms with E-state index in [4.69, 9.17) is 17.0 Å². The SMILES string of the molecule is CCc1ccccc1NC(=S)N(C)Cc1ccc(N2CCOCC2)cc1. The van der Waals surface area contributed by atoms with Gasteiger partial charge in [0, 0.05) is 38.1 Å². The molecule has 0 aliphatic carbocycles. The molecule has 26 heavy (non-hydrogen) atoms. The molecular weight excluding hydrogens is 342 g/mol. The quantitative estimate of drug-likeness (QED) is 0.807. The van der Waals surface area contributed by atoms with Crippen molar-refractivity contribution in [1.82, 2.24) is 4.90 Å². The molecule has 3 rings (SSSR count). The minimum absolute atomic E-state index is 0.739. The largest absolute Gasteiger partial charge is 0.378 e. The summed E-state index contributed by atoms with van der Waals surface area (Å²) in [6, 6.07) is 17.1. The maximum Gasteiger partial charge on any atom is 0.173 e. The number of rotatable bonds is 5. The van der Waals surface area contributed by atoms with Crippen molar-refractivity contribution in [3.63, 3.8) is 0 Å². The van der Waals surface area contributed by atoms with Gasteiger partial charge in [-0.05, 0) is 48.0 Å². The minimum Gasteiger partial charge on any atom is -0.378 e. The predicted octanol–water partition coefficient (Wildman–Crippen LogP) is 3.91. The van der Waals surface area contributed by atoms with Crippen LogP contribution in [0.3, 0.4) is 0 Å². The molecule has 1 heterocycles. The smallest absolute Gasteiger partial charge is 0.173 e. The lowest BCUT2D eigenvalue weighted by Gasteiger charge is -2.29. The summed E-state index contributed by atoms with van der Waals surface area (Å²) in [5, 5.41) is 4.12. The highest BCUT2D eigenvalue weighted by Gasteiger charge is 2.12. The fourth-order valence-corrected chi connectivity index (χ4v) is 3.32. The van der Waals surface area contributed by atoms with Gasteiger partial charge < -0.3 is 19.9 Å². The van der Waals surface area contributed by atoms with Crippen LogP contribution >= 0.6 is 12.2 Å². The number of nitrogens with one attached hydrogen (secondary N) is 1. The van der Waals surface area contributed by atoms with Crippen molar-refractivity contribution in [2.75, 3.05) is 43.6 Å². The summed E-state index contributed by atoms with van der Waals surface area (Å²) in [5.41, 5.74) is 4.88. The molecular formula is C21H27N3OS. The van der Waals surface area contributed by atoms with E-state index in [9.17, 15) is 0 Å². The second-order valence-electron chi connectivity index (χ2n) is 6.56. The van der Waals surface area contributed by atoms with E-state index in [0.717, 1.165) is 50.1 Å². The van der Waals surface area contributed by atoms with Crippen LogP contribution in [0.1, 0.15) is 18.1 Å². The summed E-state index contributed by atoms with van der Waals surface area (Å²) >= 11 is 5.59. The van der Waals surface area contributed by atoms with Gasteiger partial charge in [0.1, 0.15) is 0 Å². The Balaban J connectivity index is 1.58. The molecule has 1 saturated heterocycles. The lowest BCUT2D eigenvalue weighted by Crippen LogP contribution is -2.36. The van der Waals surface area contributed by atoms with Crippen molar-refractivity contribution < 1.29 is 4.74 Å². The molecule has 0 saturated carbocycles. The van der Waals surface area contributed by atoms with Crippen LogP contribution in [0.4, 0.5) is 11.4 Å². The van der Waals surface area contributed by atoms with Gasteiger partial charge in [-0.2, -0.15) is 0 Å². The fraction of sp³-hybridized carbons (Fsp3) is 0.381. The van der Waals surface area contributed by atoms with Crippen LogP contribution in [-0.2, 0) is 17.7 Å². The van der Waals surface area contributed by atoms with E-state index in [0.29, 0.717) is 0 Å². The molecule has 1 aliphatic heterocycles. The first-order valence-corrected chi connectivity index (χ1v) is 9.60. The van der Waals surface area contributed by atoms with E-state index in [1.807, 2.05) is 13.1 Å². The van der Waals surface area contributed by atoms with Gasteiger partial charge in [-0.1, -0.05) is 37.3 Å². The lowest BCUT2D eigenvalue weighted by atomic mass is 10.1. The van der Waals surface area contributed by atoms with E-state index in [1.54, 1.807) is 0 Å². The lowest BCUT2D eigenvalue weighted by molar-refractivity contribution is 0.122. The molecule has 1 fully saturated rings. The summed E-state index contributed by atoms with van der Waals surface area (Å²) in [4.78, 5) is 4.44. The highest BCUT2D eigenvalue weighted by atomic mass is 32.1. The Morgan fingerprint density at radius 2 is 1.81 bits per heavy atom. The van der Waals surface area contributed by atoms with Crippen molar-refractivity contribution in [3.05, 3.63) is 59.7 Å². The van der Waals surface area contributed by atoms with Gasteiger partial charge in [-0.25, -0.2) is 0 Å². The molecule has 1 N–H and O–H groups in total. The zero-order valence-corrected chi connectivity index (χ0v) is 16.4. The first-order valence-electron chi connectivity index (χ1n) is 9.19. The van der Waals surface area contributed by atoms with Gasteiger partial charge in [0.05, 0.1) is 13.2 Å². The van der Waals surface area contributed by atoms with Crippen LogP contribution in [0.5, 0.6) is 0 Å². The Morgan fingerprint density at radius 3 is 2.50 bits per heavy atom. The summed E-state index contributed by atoms with van der Waals surface area (Å²) in [7, 11) is 2.03. The Hall–Kier alpha value is -2.11. The highest BCUT2D eigenvalue weighted by Crippen LogP contribution is 2.19. The Morgan fingerprint density at radius 1 is 1.12 bits per heavy atom. The minimum atomic E-state index is 0.739. The Labute approximate surface area is 161 Å². The van der Waals surface area contributed by atoms with E-state index in [1.165, 1.54) is 16.8 Å². The molecule has 5 heteroatoms. The average Bonchev–Trinajstić information content (AvgIpc) is 2.69. The number of anilines is 2. The third-order valence-electron chi connectivity index (χ3n) is 4.72. The summed E-state index contributed by atoms with van der Waals surface area (Å²) < 4.78 is 5.42. The maximum atomic E-state index is 5.59. The third-order valence-corrected chi connectivity index (χ3v) is 5.13. The molecule has 138 valence electrons. The number of aryl methyl sites for hydroxylation is 1. The third kappa shape index (κ3) is 4.74. The number of ether oxygens (including phenoxy) is 1. The number of benzene rings is 2. The maximum absolute atomic E-state index is 5.59. The van der Waals surface area contributed by atoms with E-state index in [2.05, 4.69) is 64.5 Å². The normalized spacial score (nSPS) is 14.2. The summed E-state index contributed by atoms with van der Waals surface area (Å²) in [5.74, 6) is 0. The second kappa shape index (κ2) is 9.01. The first-order chi connectivity index (χ1) is 12.7. The molecule has 0 amide bonds. The van der Waals surface area contributed by atoms with E-state index < -0.39 is 0 Å². The van der Waals surface area contributed by atoms with Crippen molar-refractivity contribution in [2.24, 2.45) is 0 Å². The molecule has 0 aromatic heterocycles. The molecule has 4 nitrogen and oxygen atoms in total. The Bertz CT molecular complexity index is 726. The van der Waals surface area contributed by atoms with Crippen molar-refractivity contribution in [2.45, 2.75) is 19.9 Å². The molecule has 0 atom stereocenters. The van der Waals surface area contributed by atoms with Gasteiger partial charge in [-0.3, -0.25) is 0 Å². The van der Waals surface area contributed by atoms with Crippen LogP contribution in [0.25, 0.3) is 0 Å². The van der Waals surface area contributed by atoms with E-state index >= 15 is 0 Å². The van der Waals surface area contributed by atoms with Crippen molar-refractivity contribution >= 4 is 28.7 Å². The number of hydrogen-bond donors (Lipinski definition) is 1. The second-order valence-corrected chi connectivity index (χ2v) is 6.95.